The quantitative estimate of drug-likeness (QED) is 0.639. The van der Waals surface area contributed by atoms with E-state index in [1.54, 1.807) is 7.05 Å². The topological polar surface area (TPSA) is 43.6 Å². The SMILES string of the molecule is CN=C(c1ccc(C)cc1)c1ccc(CC(=O)OC)n1C. The highest BCUT2D eigenvalue weighted by Gasteiger charge is 2.14. The number of hydrogen-bond donors (Lipinski definition) is 0. The molecule has 21 heavy (non-hydrogen) atoms. The van der Waals surface area contributed by atoms with Gasteiger partial charge >= 0.3 is 5.97 Å². The Labute approximate surface area is 125 Å². The van der Waals surface area contributed by atoms with E-state index in [-0.39, 0.29) is 12.4 Å². The van der Waals surface area contributed by atoms with Crippen LogP contribution in [0.4, 0.5) is 0 Å². The summed E-state index contributed by atoms with van der Waals surface area (Å²) < 4.78 is 6.71. The standard InChI is InChI=1S/C17H20N2O2/c1-12-5-7-13(8-6-12)17(18-2)15-10-9-14(19(15)3)11-16(20)21-4/h5-10H,11H2,1-4H3. The van der Waals surface area contributed by atoms with Crippen molar-refractivity contribution in [2.75, 3.05) is 14.2 Å². The number of methoxy groups -OCH3 is 1. The van der Waals surface area contributed by atoms with Gasteiger partial charge in [0.1, 0.15) is 0 Å². The zero-order valence-electron chi connectivity index (χ0n) is 12.9. The Balaban J connectivity index is 2.36. The Bertz CT molecular complexity index is 667. The molecule has 0 bridgehead atoms. The summed E-state index contributed by atoms with van der Waals surface area (Å²) in [6, 6.07) is 12.2. The first-order valence-corrected chi connectivity index (χ1v) is 6.82. The second kappa shape index (κ2) is 6.39. The number of rotatable bonds is 4. The molecule has 0 aliphatic rings. The van der Waals surface area contributed by atoms with Crippen LogP contribution in [0.5, 0.6) is 0 Å². The number of aromatic nitrogens is 1. The number of aliphatic imine (C=N–C) groups is 1. The van der Waals surface area contributed by atoms with Crippen LogP contribution in [0.2, 0.25) is 0 Å². The van der Waals surface area contributed by atoms with Gasteiger partial charge in [-0.3, -0.25) is 9.79 Å². The predicted octanol–water partition coefficient (Wildman–Crippen LogP) is 2.52. The van der Waals surface area contributed by atoms with Crippen molar-refractivity contribution in [1.29, 1.82) is 0 Å². The Hall–Kier alpha value is -2.36. The van der Waals surface area contributed by atoms with Gasteiger partial charge in [-0.2, -0.15) is 0 Å². The van der Waals surface area contributed by atoms with Gasteiger partial charge in [0.05, 0.1) is 24.9 Å². The number of hydrogen-bond acceptors (Lipinski definition) is 3. The molecule has 0 aliphatic carbocycles. The van der Waals surface area contributed by atoms with Crippen molar-refractivity contribution in [3.8, 4) is 0 Å². The van der Waals surface area contributed by atoms with Crippen LogP contribution in [-0.2, 0) is 23.0 Å². The number of nitrogens with zero attached hydrogens (tertiary/aromatic N) is 2. The fraction of sp³-hybridized carbons (Fsp3) is 0.294. The molecule has 0 amide bonds. The van der Waals surface area contributed by atoms with E-state index in [9.17, 15) is 4.79 Å². The summed E-state index contributed by atoms with van der Waals surface area (Å²) in [7, 11) is 5.12. The molecule has 2 rings (SSSR count). The summed E-state index contributed by atoms with van der Waals surface area (Å²) in [5.74, 6) is -0.243. The molecule has 110 valence electrons. The third-order valence-electron chi connectivity index (χ3n) is 3.57. The van der Waals surface area contributed by atoms with Gasteiger partial charge in [0.2, 0.25) is 0 Å². The molecule has 1 aromatic carbocycles. The van der Waals surface area contributed by atoms with E-state index in [4.69, 9.17) is 4.74 Å². The third kappa shape index (κ3) is 3.21. The lowest BCUT2D eigenvalue weighted by molar-refractivity contribution is -0.139. The summed E-state index contributed by atoms with van der Waals surface area (Å²) in [5, 5.41) is 0. The van der Waals surface area contributed by atoms with Crippen LogP contribution in [0.25, 0.3) is 0 Å². The first kappa shape index (κ1) is 15.0. The number of ether oxygens (including phenoxy) is 1. The van der Waals surface area contributed by atoms with Gasteiger partial charge in [-0.25, -0.2) is 0 Å². The molecule has 0 saturated heterocycles. The van der Waals surface area contributed by atoms with E-state index in [1.165, 1.54) is 12.7 Å². The Morgan fingerprint density at radius 1 is 1.19 bits per heavy atom. The van der Waals surface area contributed by atoms with Crippen molar-refractivity contribution in [3.63, 3.8) is 0 Å². The lowest BCUT2D eigenvalue weighted by Crippen LogP contribution is -2.13. The van der Waals surface area contributed by atoms with Gasteiger partial charge in [-0.05, 0) is 19.1 Å². The summed E-state index contributed by atoms with van der Waals surface area (Å²) in [4.78, 5) is 15.8. The molecule has 0 spiro atoms. The minimum atomic E-state index is -0.243. The number of carbonyl (C=O) groups is 1. The molecule has 1 aromatic heterocycles. The minimum Gasteiger partial charge on any atom is -0.469 e. The Morgan fingerprint density at radius 2 is 1.86 bits per heavy atom. The van der Waals surface area contributed by atoms with Gasteiger partial charge in [0.25, 0.3) is 0 Å². The number of aryl methyl sites for hydroxylation is 1. The van der Waals surface area contributed by atoms with Crippen LogP contribution in [-0.4, -0.2) is 30.4 Å². The Morgan fingerprint density at radius 3 is 2.43 bits per heavy atom. The van der Waals surface area contributed by atoms with E-state index < -0.39 is 0 Å². The fourth-order valence-corrected chi connectivity index (χ4v) is 2.29. The maximum absolute atomic E-state index is 11.4. The van der Waals surface area contributed by atoms with Gasteiger partial charge in [-0.15, -0.1) is 0 Å². The maximum atomic E-state index is 11.4. The van der Waals surface area contributed by atoms with E-state index in [0.717, 1.165) is 22.7 Å². The largest absolute Gasteiger partial charge is 0.469 e. The number of esters is 1. The fourth-order valence-electron chi connectivity index (χ4n) is 2.29. The van der Waals surface area contributed by atoms with Gasteiger partial charge < -0.3 is 9.30 Å². The first-order chi connectivity index (χ1) is 10.1. The number of benzene rings is 1. The zero-order valence-corrected chi connectivity index (χ0v) is 12.9. The minimum absolute atomic E-state index is 0.243. The molecule has 4 heteroatoms. The molecule has 0 N–H and O–H groups in total. The zero-order chi connectivity index (χ0) is 15.4. The molecule has 0 atom stereocenters. The van der Waals surface area contributed by atoms with E-state index in [0.29, 0.717) is 0 Å². The van der Waals surface area contributed by atoms with E-state index in [2.05, 4.69) is 36.2 Å². The molecule has 0 saturated carbocycles. The second-order valence-electron chi connectivity index (χ2n) is 4.96. The molecule has 0 aliphatic heterocycles. The van der Waals surface area contributed by atoms with Gasteiger partial charge in [0, 0.05) is 25.4 Å². The molecule has 4 nitrogen and oxygen atoms in total. The van der Waals surface area contributed by atoms with Crippen LogP contribution in [0.1, 0.15) is 22.5 Å². The lowest BCUT2D eigenvalue weighted by atomic mass is 10.1. The lowest BCUT2D eigenvalue weighted by Gasteiger charge is -2.10. The van der Waals surface area contributed by atoms with Crippen LogP contribution in [0.15, 0.2) is 41.4 Å². The van der Waals surface area contributed by atoms with Crippen molar-refractivity contribution in [2.45, 2.75) is 13.3 Å². The smallest absolute Gasteiger partial charge is 0.311 e. The number of carbonyl (C=O) groups excluding carboxylic acids is 1. The van der Waals surface area contributed by atoms with Gasteiger partial charge in [-0.1, -0.05) is 29.8 Å². The van der Waals surface area contributed by atoms with Gasteiger partial charge in [0.15, 0.2) is 0 Å². The van der Waals surface area contributed by atoms with Crippen LogP contribution in [0.3, 0.4) is 0 Å². The normalized spacial score (nSPS) is 11.5. The predicted molar refractivity (Wildman–Crippen MR) is 83.9 cm³/mol. The molecule has 0 fully saturated rings. The van der Waals surface area contributed by atoms with Crippen LogP contribution in [0, 0.1) is 6.92 Å². The van der Waals surface area contributed by atoms with Crippen LogP contribution < -0.4 is 0 Å². The van der Waals surface area contributed by atoms with E-state index in [1.807, 2.05) is 23.7 Å². The van der Waals surface area contributed by atoms with Crippen molar-refractivity contribution >= 4 is 11.7 Å². The summed E-state index contributed by atoms with van der Waals surface area (Å²) in [5.41, 5.74) is 5.08. The average molecular weight is 284 g/mol. The average Bonchev–Trinajstić information content (AvgIpc) is 2.83. The van der Waals surface area contributed by atoms with Crippen molar-refractivity contribution in [2.24, 2.45) is 12.0 Å². The maximum Gasteiger partial charge on any atom is 0.311 e. The first-order valence-electron chi connectivity index (χ1n) is 6.82. The van der Waals surface area contributed by atoms with Crippen molar-refractivity contribution in [1.82, 2.24) is 4.57 Å². The molecular weight excluding hydrogens is 264 g/mol. The summed E-state index contributed by atoms with van der Waals surface area (Å²) in [6.45, 7) is 2.06. The highest BCUT2D eigenvalue weighted by molar-refractivity contribution is 6.12. The van der Waals surface area contributed by atoms with Crippen molar-refractivity contribution < 1.29 is 9.53 Å². The highest BCUT2D eigenvalue weighted by Crippen LogP contribution is 2.15. The molecular formula is C17H20N2O2. The second-order valence-corrected chi connectivity index (χ2v) is 4.96. The third-order valence-corrected chi connectivity index (χ3v) is 3.57. The molecule has 0 unspecified atom stereocenters. The monoisotopic (exact) mass is 284 g/mol. The summed E-state index contributed by atoms with van der Waals surface area (Å²) >= 11 is 0. The molecule has 2 aromatic rings. The van der Waals surface area contributed by atoms with Crippen LogP contribution >= 0.6 is 0 Å². The summed E-state index contributed by atoms with van der Waals surface area (Å²) in [6.07, 6.45) is 0.262. The Kier molecular flexibility index (Phi) is 4.58. The van der Waals surface area contributed by atoms with Crippen molar-refractivity contribution in [3.05, 3.63) is 58.9 Å². The molecule has 1 heterocycles. The molecule has 0 radical (unpaired) electrons. The van der Waals surface area contributed by atoms with E-state index >= 15 is 0 Å². The highest BCUT2D eigenvalue weighted by atomic mass is 16.5.